The van der Waals surface area contributed by atoms with Gasteiger partial charge in [0.25, 0.3) is 5.91 Å². The lowest BCUT2D eigenvalue weighted by molar-refractivity contribution is -0.137. The molecule has 3 aromatic carbocycles. The van der Waals surface area contributed by atoms with Crippen molar-refractivity contribution in [3.8, 4) is 0 Å². The highest BCUT2D eigenvalue weighted by Crippen LogP contribution is 2.38. The number of nitrogens with zero attached hydrogens (tertiary/aromatic N) is 1. The Morgan fingerprint density at radius 1 is 0.973 bits per heavy atom. The number of ether oxygens (including phenoxy) is 1. The number of carbonyl (C=O) groups is 3. The quantitative estimate of drug-likeness (QED) is 0.294. The first-order valence-electron chi connectivity index (χ1n) is 11.9. The van der Waals surface area contributed by atoms with Gasteiger partial charge in [-0.1, -0.05) is 36.4 Å². The maximum Gasteiger partial charge on any atom is 0.337 e. The molecule has 4 rings (SSSR count). The average Bonchev–Trinajstić information content (AvgIpc) is 3.21. The molecule has 0 bridgehead atoms. The van der Waals surface area contributed by atoms with Crippen molar-refractivity contribution in [1.82, 2.24) is 4.90 Å². The first-order valence-corrected chi connectivity index (χ1v) is 11.9. The summed E-state index contributed by atoms with van der Waals surface area (Å²) in [5.41, 5.74) is 6.07. The molecule has 0 saturated heterocycles. The zero-order chi connectivity index (χ0) is 26.5. The standard InChI is InChI=1S/C29H29N3O5/c1-32(2)17-19-7-11-22(12-8-19)30-27(20-6-4-5-18(15-20)9-14-25(33)34)26-23-13-10-21(29(36)37-3)16-24(23)31-28(26)35/h4-8,10-13,15-16,30H,9,14,17H2,1-3H3,(H,31,35)(H,33,34). The number of carboxylic acids is 1. The molecular formula is C29H29N3O5. The summed E-state index contributed by atoms with van der Waals surface area (Å²) in [6.45, 7) is 0.804. The van der Waals surface area contributed by atoms with Crippen molar-refractivity contribution in [2.75, 3.05) is 31.8 Å². The highest BCUT2D eigenvalue weighted by atomic mass is 16.5. The molecule has 1 aliphatic heterocycles. The fourth-order valence-electron chi connectivity index (χ4n) is 4.28. The Labute approximate surface area is 215 Å². The van der Waals surface area contributed by atoms with Crippen LogP contribution in [0.25, 0.3) is 11.3 Å². The van der Waals surface area contributed by atoms with Crippen LogP contribution in [0.2, 0.25) is 0 Å². The van der Waals surface area contributed by atoms with Crippen molar-refractivity contribution >= 4 is 40.5 Å². The normalized spacial score (nSPS) is 13.7. The predicted octanol–water partition coefficient (Wildman–Crippen LogP) is 4.48. The molecule has 0 saturated carbocycles. The van der Waals surface area contributed by atoms with E-state index in [2.05, 4.69) is 15.5 Å². The molecule has 0 atom stereocenters. The Kier molecular flexibility index (Phi) is 7.69. The number of amides is 1. The summed E-state index contributed by atoms with van der Waals surface area (Å²) < 4.78 is 4.81. The Bertz CT molecular complexity index is 1380. The van der Waals surface area contributed by atoms with Crippen LogP contribution in [0, 0.1) is 0 Å². The lowest BCUT2D eigenvalue weighted by atomic mass is 9.97. The van der Waals surface area contributed by atoms with E-state index in [1.807, 2.05) is 62.6 Å². The van der Waals surface area contributed by atoms with Crippen molar-refractivity contribution in [2.24, 2.45) is 0 Å². The topological polar surface area (TPSA) is 108 Å². The lowest BCUT2D eigenvalue weighted by Gasteiger charge is -2.17. The summed E-state index contributed by atoms with van der Waals surface area (Å²) >= 11 is 0. The Morgan fingerprint density at radius 2 is 1.73 bits per heavy atom. The van der Waals surface area contributed by atoms with Crippen LogP contribution in [0.1, 0.15) is 39.0 Å². The summed E-state index contributed by atoms with van der Waals surface area (Å²) in [5.74, 6) is -1.66. The highest BCUT2D eigenvalue weighted by Gasteiger charge is 2.29. The fourth-order valence-corrected chi connectivity index (χ4v) is 4.28. The second-order valence-electron chi connectivity index (χ2n) is 9.11. The molecule has 1 aliphatic rings. The van der Waals surface area contributed by atoms with Gasteiger partial charge in [0, 0.05) is 24.2 Å². The zero-order valence-electron chi connectivity index (χ0n) is 21.0. The van der Waals surface area contributed by atoms with Crippen molar-refractivity contribution in [3.63, 3.8) is 0 Å². The van der Waals surface area contributed by atoms with Crippen LogP contribution in [-0.4, -0.2) is 49.1 Å². The number of methoxy groups -OCH3 is 1. The van der Waals surface area contributed by atoms with Gasteiger partial charge in [-0.25, -0.2) is 4.79 Å². The van der Waals surface area contributed by atoms with E-state index in [4.69, 9.17) is 9.84 Å². The second kappa shape index (κ2) is 11.1. The number of esters is 1. The fraction of sp³-hybridized carbons (Fsp3) is 0.207. The summed E-state index contributed by atoms with van der Waals surface area (Å²) in [6, 6.07) is 20.4. The van der Waals surface area contributed by atoms with E-state index < -0.39 is 11.9 Å². The highest BCUT2D eigenvalue weighted by molar-refractivity contribution is 6.37. The molecule has 8 heteroatoms. The number of aliphatic carboxylic acids is 1. The van der Waals surface area contributed by atoms with E-state index in [1.54, 1.807) is 18.2 Å². The Balaban J connectivity index is 1.80. The van der Waals surface area contributed by atoms with Crippen molar-refractivity contribution < 1.29 is 24.2 Å². The van der Waals surface area contributed by atoms with E-state index in [0.717, 1.165) is 28.9 Å². The molecule has 3 aromatic rings. The Morgan fingerprint density at radius 3 is 2.41 bits per heavy atom. The van der Waals surface area contributed by atoms with Crippen LogP contribution >= 0.6 is 0 Å². The summed E-state index contributed by atoms with van der Waals surface area (Å²) in [4.78, 5) is 38.5. The molecule has 37 heavy (non-hydrogen) atoms. The number of fused-ring (bicyclic) bond motifs is 1. The molecule has 1 amide bonds. The second-order valence-corrected chi connectivity index (χ2v) is 9.11. The van der Waals surface area contributed by atoms with Gasteiger partial charge in [-0.2, -0.15) is 0 Å². The van der Waals surface area contributed by atoms with E-state index in [9.17, 15) is 14.4 Å². The molecule has 1 heterocycles. The zero-order valence-corrected chi connectivity index (χ0v) is 21.0. The third-order valence-electron chi connectivity index (χ3n) is 6.00. The van der Waals surface area contributed by atoms with E-state index in [0.29, 0.717) is 34.5 Å². The minimum atomic E-state index is -0.870. The molecule has 3 N–H and O–H groups in total. The van der Waals surface area contributed by atoms with E-state index in [1.165, 1.54) is 7.11 Å². The summed E-state index contributed by atoms with van der Waals surface area (Å²) in [7, 11) is 5.32. The smallest absolute Gasteiger partial charge is 0.337 e. The molecule has 0 fully saturated rings. The van der Waals surface area contributed by atoms with Gasteiger partial charge in [-0.15, -0.1) is 0 Å². The number of anilines is 2. The number of carbonyl (C=O) groups excluding carboxylic acids is 2. The molecule has 0 aliphatic carbocycles. The van der Waals surface area contributed by atoms with Crippen LogP contribution in [0.5, 0.6) is 0 Å². The third-order valence-corrected chi connectivity index (χ3v) is 6.00. The monoisotopic (exact) mass is 499 g/mol. The van der Waals surface area contributed by atoms with Crippen LogP contribution in [-0.2, 0) is 27.3 Å². The Hall–Kier alpha value is -4.43. The van der Waals surface area contributed by atoms with Crippen LogP contribution in [0.3, 0.4) is 0 Å². The average molecular weight is 500 g/mol. The van der Waals surface area contributed by atoms with Crippen LogP contribution in [0.4, 0.5) is 11.4 Å². The summed E-state index contributed by atoms with van der Waals surface area (Å²) in [5, 5.41) is 15.4. The van der Waals surface area contributed by atoms with Gasteiger partial charge in [-0.05, 0) is 67.5 Å². The van der Waals surface area contributed by atoms with Gasteiger partial charge in [0.1, 0.15) is 0 Å². The summed E-state index contributed by atoms with van der Waals surface area (Å²) in [6.07, 6.45) is 0.381. The van der Waals surface area contributed by atoms with Gasteiger partial charge >= 0.3 is 11.9 Å². The SMILES string of the molecule is COC(=O)c1ccc2c(c1)NC(=O)C2=C(Nc1ccc(CN(C)C)cc1)c1cccc(CCC(=O)O)c1. The van der Waals surface area contributed by atoms with Crippen molar-refractivity contribution in [1.29, 1.82) is 0 Å². The number of nitrogens with one attached hydrogen (secondary N) is 2. The van der Waals surface area contributed by atoms with Crippen LogP contribution in [0.15, 0.2) is 66.7 Å². The molecule has 0 aromatic heterocycles. The van der Waals surface area contributed by atoms with Crippen LogP contribution < -0.4 is 10.6 Å². The largest absolute Gasteiger partial charge is 0.481 e. The van der Waals surface area contributed by atoms with Gasteiger partial charge in [0.15, 0.2) is 0 Å². The number of rotatable bonds is 9. The first kappa shape index (κ1) is 25.7. The van der Waals surface area contributed by atoms with Gasteiger partial charge in [-0.3, -0.25) is 9.59 Å². The number of aryl methyl sites for hydroxylation is 1. The maximum atomic E-state index is 13.3. The van der Waals surface area contributed by atoms with E-state index in [-0.39, 0.29) is 12.3 Å². The van der Waals surface area contributed by atoms with Gasteiger partial charge < -0.3 is 25.4 Å². The molecule has 0 radical (unpaired) electrons. The number of hydrogen-bond acceptors (Lipinski definition) is 6. The minimum absolute atomic E-state index is 0.00967. The third kappa shape index (κ3) is 6.05. The molecule has 190 valence electrons. The minimum Gasteiger partial charge on any atom is -0.481 e. The number of hydrogen-bond donors (Lipinski definition) is 3. The van der Waals surface area contributed by atoms with Crippen molar-refractivity contribution in [2.45, 2.75) is 19.4 Å². The molecule has 0 spiro atoms. The maximum absolute atomic E-state index is 13.3. The van der Waals surface area contributed by atoms with E-state index >= 15 is 0 Å². The van der Waals surface area contributed by atoms with Gasteiger partial charge in [0.2, 0.25) is 0 Å². The predicted molar refractivity (Wildman–Crippen MR) is 143 cm³/mol. The molecular weight excluding hydrogens is 470 g/mol. The number of carboxylic acid groups (broad SMARTS) is 1. The lowest BCUT2D eigenvalue weighted by Crippen LogP contribution is -2.11. The first-order chi connectivity index (χ1) is 17.7. The molecule has 8 nitrogen and oxygen atoms in total. The molecule has 0 unspecified atom stereocenters. The van der Waals surface area contributed by atoms with Crippen molar-refractivity contribution in [3.05, 3.63) is 94.5 Å². The number of benzene rings is 3. The van der Waals surface area contributed by atoms with Gasteiger partial charge in [0.05, 0.1) is 29.6 Å².